The van der Waals surface area contributed by atoms with Crippen LogP contribution in [0.4, 0.5) is 0 Å². The minimum Gasteiger partial charge on any atom is -0.452 e. The van der Waals surface area contributed by atoms with Gasteiger partial charge in [-0.25, -0.2) is 4.79 Å². The van der Waals surface area contributed by atoms with Crippen LogP contribution in [-0.2, 0) is 23.8 Å². The quantitative estimate of drug-likeness (QED) is 0.428. The molecular weight excluding hydrogens is 228 g/mol. The average molecular weight is 242 g/mol. The zero-order chi connectivity index (χ0) is 12.5. The van der Waals surface area contributed by atoms with Crippen molar-refractivity contribution in [2.24, 2.45) is 5.92 Å². The Balaban J connectivity index is 2.17. The van der Waals surface area contributed by atoms with Crippen molar-refractivity contribution in [3.05, 3.63) is 12.7 Å². The lowest BCUT2D eigenvalue weighted by molar-refractivity contribution is -0.283. The summed E-state index contributed by atoms with van der Waals surface area (Å²) < 4.78 is 15.3. The highest BCUT2D eigenvalue weighted by Gasteiger charge is 2.58. The topological polar surface area (TPSA) is 82.1 Å². The SMILES string of the molecule is C=CC(=O)OC1CCC2CC1(OCO)OC2=O. The largest absolute Gasteiger partial charge is 0.452 e. The maximum absolute atomic E-state index is 11.5. The van der Waals surface area contributed by atoms with Gasteiger partial charge < -0.3 is 19.3 Å². The molecule has 94 valence electrons. The van der Waals surface area contributed by atoms with Gasteiger partial charge in [-0.1, -0.05) is 6.58 Å². The van der Waals surface area contributed by atoms with Crippen molar-refractivity contribution in [3.63, 3.8) is 0 Å². The number of rotatable bonds is 4. The molecule has 2 aliphatic rings. The predicted molar refractivity (Wildman–Crippen MR) is 54.4 cm³/mol. The van der Waals surface area contributed by atoms with E-state index in [1.807, 2.05) is 0 Å². The Bertz CT molecular complexity index is 352. The summed E-state index contributed by atoms with van der Waals surface area (Å²) in [5, 5.41) is 8.85. The van der Waals surface area contributed by atoms with Crippen LogP contribution in [0.1, 0.15) is 19.3 Å². The molecule has 0 spiro atoms. The summed E-state index contributed by atoms with van der Waals surface area (Å²) in [6.07, 6.45) is 1.71. The van der Waals surface area contributed by atoms with E-state index in [1.165, 1.54) is 0 Å². The molecule has 0 amide bonds. The summed E-state index contributed by atoms with van der Waals surface area (Å²) in [5.41, 5.74) is 0. The summed E-state index contributed by atoms with van der Waals surface area (Å²) in [7, 11) is 0. The van der Waals surface area contributed by atoms with Crippen molar-refractivity contribution in [1.82, 2.24) is 0 Å². The number of esters is 2. The molecule has 1 saturated heterocycles. The van der Waals surface area contributed by atoms with Crippen molar-refractivity contribution in [2.75, 3.05) is 6.79 Å². The third kappa shape index (κ3) is 2.05. The fraction of sp³-hybridized carbons (Fsp3) is 0.636. The van der Waals surface area contributed by atoms with Gasteiger partial charge in [-0.15, -0.1) is 0 Å². The van der Waals surface area contributed by atoms with Crippen LogP contribution < -0.4 is 0 Å². The number of carbonyl (C=O) groups excluding carboxylic acids is 2. The van der Waals surface area contributed by atoms with Crippen molar-refractivity contribution >= 4 is 11.9 Å². The van der Waals surface area contributed by atoms with Gasteiger partial charge in [0.2, 0.25) is 0 Å². The van der Waals surface area contributed by atoms with E-state index in [9.17, 15) is 9.59 Å². The van der Waals surface area contributed by atoms with Crippen LogP contribution >= 0.6 is 0 Å². The average Bonchev–Trinajstić information content (AvgIpc) is 2.56. The highest BCUT2D eigenvalue weighted by molar-refractivity contribution is 5.81. The molecule has 1 aliphatic carbocycles. The first-order valence-corrected chi connectivity index (χ1v) is 5.42. The fourth-order valence-corrected chi connectivity index (χ4v) is 2.34. The first kappa shape index (κ1) is 12.1. The molecule has 2 fully saturated rings. The van der Waals surface area contributed by atoms with E-state index in [4.69, 9.17) is 19.3 Å². The first-order valence-electron chi connectivity index (χ1n) is 5.42. The molecule has 2 rings (SSSR count). The van der Waals surface area contributed by atoms with E-state index in [0.29, 0.717) is 19.3 Å². The van der Waals surface area contributed by atoms with Crippen LogP contribution in [-0.4, -0.2) is 35.7 Å². The van der Waals surface area contributed by atoms with Gasteiger partial charge >= 0.3 is 11.9 Å². The van der Waals surface area contributed by atoms with Crippen LogP contribution in [0.5, 0.6) is 0 Å². The maximum Gasteiger partial charge on any atom is 0.330 e. The molecule has 6 heteroatoms. The summed E-state index contributed by atoms with van der Waals surface area (Å²) in [6.45, 7) is 2.70. The van der Waals surface area contributed by atoms with Crippen molar-refractivity contribution in [3.8, 4) is 0 Å². The van der Waals surface area contributed by atoms with Crippen LogP contribution in [0.25, 0.3) is 0 Å². The second-order valence-electron chi connectivity index (χ2n) is 4.11. The Labute approximate surface area is 98.1 Å². The summed E-state index contributed by atoms with van der Waals surface area (Å²) in [6, 6.07) is 0. The second kappa shape index (κ2) is 4.46. The fourth-order valence-electron chi connectivity index (χ4n) is 2.34. The number of aliphatic hydroxyl groups is 1. The van der Waals surface area contributed by atoms with Gasteiger partial charge in [0.1, 0.15) is 6.79 Å². The molecule has 6 nitrogen and oxygen atoms in total. The maximum atomic E-state index is 11.5. The minimum absolute atomic E-state index is 0.236. The van der Waals surface area contributed by atoms with Crippen LogP contribution in [0.15, 0.2) is 12.7 Å². The molecule has 1 saturated carbocycles. The number of ether oxygens (including phenoxy) is 3. The summed E-state index contributed by atoms with van der Waals surface area (Å²) in [4.78, 5) is 22.7. The minimum atomic E-state index is -1.33. The predicted octanol–water partition coefficient (Wildman–Crippen LogP) is 0.104. The standard InChI is InChI=1S/C11H14O6/c1-2-9(13)16-8-4-3-7-5-11(8,15-6-12)17-10(7)14/h2,7-8,12H,1,3-6H2. The zero-order valence-electron chi connectivity index (χ0n) is 9.26. The van der Waals surface area contributed by atoms with Crippen molar-refractivity contribution in [1.29, 1.82) is 0 Å². The Hall–Kier alpha value is -1.40. The molecule has 17 heavy (non-hydrogen) atoms. The Morgan fingerprint density at radius 2 is 2.41 bits per heavy atom. The van der Waals surface area contributed by atoms with Gasteiger partial charge in [-0.3, -0.25) is 4.79 Å². The van der Waals surface area contributed by atoms with E-state index in [-0.39, 0.29) is 11.9 Å². The molecule has 3 unspecified atom stereocenters. The van der Waals surface area contributed by atoms with Crippen LogP contribution in [0, 0.1) is 5.92 Å². The van der Waals surface area contributed by atoms with Gasteiger partial charge in [0.25, 0.3) is 5.79 Å². The number of fused-ring (bicyclic) bond motifs is 2. The van der Waals surface area contributed by atoms with Crippen molar-refractivity contribution < 1.29 is 28.9 Å². The van der Waals surface area contributed by atoms with Gasteiger partial charge in [-0.05, 0) is 12.8 Å². The molecule has 1 aliphatic heterocycles. The van der Waals surface area contributed by atoms with Gasteiger partial charge in [0, 0.05) is 12.5 Å². The number of hydrogen-bond acceptors (Lipinski definition) is 6. The lowest BCUT2D eigenvalue weighted by atomic mass is 9.85. The monoisotopic (exact) mass is 242 g/mol. The lowest BCUT2D eigenvalue weighted by Gasteiger charge is -2.36. The summed E-state index contributed by atoms with van der Waals surface area (Å²) in [5.74, 6) is -2.53. The molecule has 2 bridgehead atoms. The Morgan fingerprint density at radius 1 is 1.65 bits per heavy atom. The second-order valence-corrected chi connectivity index (χ2v) is 4.11. The van der Waals surface area contributed by atoms with E-state index >= 15 is 0 Å². The van der Waals surface area contributed by atoms with Gasteiger partial charge in [0.05, 0.1) is 5.92 Å². The smallest absolute Gasteiger partial charge is 0.330 e. The molecule has 0 radical (unpaired) electrons. The molecule has 0 aromatic rings. The molecule has 3 atom stereocenters. The lowest BCUT2D eigenvalue weighted by Crippen LogP contribution is -2.49. The number of hydrogen-bond donors (Lipinski definition) is 1. The zero-order valence-corrected chi connectivity index (χ0v) is 9.26. The third-order valence-corrected chi connectivity index (χ3v) is 3.14. The van der Waals surface area contributed by atoms with Gasteiger partial charge in [0.15, 0.2) is 6.10 Å². The first-order chi connectivity index (χ1) is 8.11. The van der Waals surface area contributed by atoms with Crippen molar-refractivity contribution in [2.45, 2.75) is 31.2 Å². The third-order valence-electron chi connectivity index (χ3n) is 3.14. The van der Waals surface area contributed by atoms with Crippen LogP contribution in [0.2, 0.25) is 0 Å². The summed E-state index contributed by atoms with van der Waals surface area (Å²) >= 11 is 0. The highest BCUT2D eigenvalue weighted by Crippen LogP contribution is 2.44. The Morgan fingerprint density at radius 3 is 3.06 bits per heavy atom. The molecule has 0 aromatic heterocycles. The van der Waals surface area contributed by atoms with E-state index in [2.05, 4.69) is 6.58 Å². The van der Waals surface area contributed by atoms with E-state index in [1.54, 1.807) is 0 Å². The molecule has 1 heterocycles. The number of aliphatic hydroxyl groups excluding tert-OH is 1. The van der Waals surface area contributed by atoms with E-state index in [0.717, 1.165) is 6.08 Å². The molecule has 0 aromatic carbocycles. The van der Waals surface area contributed by atoms with Gasteiger partial charge in [-0.2, -0.15) is 0 Å². The normalized spacial score (nSPS) is 35.2. The highest BCUT2D eigenvalue weighted by atomic mass is 16.8. The molecule has 1 N–H and O–H groups in total. The molecular formula is C11H14O6. The van der Waals surface area contributed by atoms with Crippen LogP contribution in [0.3, 0.4) is 0 Å². The Kier molecular flexibility index (Phi) is 3.17. The van der Waals surface area contributed by atoms with E-state index < -0.39 is 24.7 Å². The number of carbonyl (C=O) groups is 2.